The first-order chi connectivity index (χ1) is 7.11. The normalized spacial score (nSPS) is 9.73. The fourth-order valence-corrected chi connectivity index (χ4v) is 1.33. The Balaban J connectivity index is 2.47. The second-order valence-corrected chi connectivity index (χ2v) is 3.39. The molecule has 0 unspecified atom stereocenters. The van der Waals surface area contributed by atoms with E-state index in [4.69, 9.17) is 5.73 Å². The van der Waals surface area contributed by atoms with Gasteiger partial charge in [-0.1, -0.05) is 0 Å². The van der Waals surface area contributed by atoms with E-state index in [1.165, 1.54) is 7.11 Å². The molecule has 4 nitrogen and oxygen atoms in total. The van der Waals surface area contributed by atoms with Gasteiger partial charge in [0.25, 0.3) is 0 Å². The Morgan fingerprint density at radius 2 is 2.20 bits per heavy atom. The Bertz CT molecular complexity index is 330. The number of hydrogen-bond donors (Lipinski definition) is 2. The van der Waals surface area contributed by atoms with Crippen LogP contribution in [0.1, 0.15) is 12.0 Å². The van der Waals surface area contributed by atoms with Crippen LogP contribution in [0.4, 0.5) is 11.4 Å². The van der Waals surface area contributed by atoms with Gasteiger partial charge in [0.2, 0.25) is 0 Å². The number of rotatable bonds is 4. The van der Waals surface area contributed by atoms with Crippen LogP contribution in [-0.4, -0.2) is 19.6 Å². The van der Waals surface area contributed by atoms with E-state index in [1.54, 1.807) is 0 Å². The molecular weight excluding hydrogens is 192 g/mol. The summed E-state index contributed by atoms with van der Waals surface area (Å²) in [6.07, 6.45) is 0.352. The molecule has 4 heteroatoms. The zero-order valence-electron chi connectivity index (χ0n) is 9.04. The summed E-state index contributed by atoms with van der Waals surface area (Å²) in [5, 5.41) is 3.11. The minimum absolute atomic E-state index is 0.219. The van der Waals surface area contributed by atoms with Gasteiger partial charge in [-0.05, 0) is 30.7 Å². The first-order valence-corrected chi connectivity index (χ1v) is 4.79. The summed E-state index contributed by atoms with van der Waals surface area (Å²) >= 11 is 0. The highest BCUT2D eigenvalue weighted by Gasteiger charge is 2.00. The van der Waals surface area contributed by atoms with Crippen molar-refractivity contribution >= 4 is 17.3 Å². The molecule has 15 heavy (non-hydrogen) atoms. The van der Waals surface area contributed by atoms with Crippen LogP contribution in [0.5, 0.6) is 0 Å². The van der Waals surface area contributed by atoms with Crippen molar-refractivity contribution in [2.75, 3.05) is 24.7 Å². The molecule has 0 aromatic heterocycles. The summed E-state index contributed by atoms with van der Waals surface area (Å²) in [6, 6.07) is 5.71. The van der Waals surface area contributed by atoms with Crippen molar-refractivity contribution in [2.24, 2.45) is 0 Å². The van der Waals surface area contributed by atoms with E-state index in [0.717, 1.165) is 16.9 Å². The molecular formula is C11H16N2O2. The number of esters is 1. The molecule has 0 saturated heterocycles. The zero-order chi connectivity index (χ0) is 11.3. The van der Waals surface area contributed by atoms with Gasteiger partial charge in [0.05, 0.1) is 13.5 Å². The Morgan fingerprint density at radius 1 is 1.47 bits per heavy atom. The largest absolute Gasteiger partial charge is 0.469 e. The quantitative estimate of drug-likeness (QED) is 0.582. The van der Waals surface area contributed by atoms with E-state index in [-0.39, 0.29) is 5.97 Å². The van der Waals surface area contributed by atoms with Crippen molar-refractivity contribution in [2.45, 2.75) is 13.3 Å². The van der Waals surface area contributed by atoms with Gasteiger partial charge in [-0.15, -0.1) is 0 Å². The van der Waals surface area contributed by atoms with Crippen molar-refractivity contribution in [1.29, 1.82) is 0 Å². The van der Waals surface area contributed by atoms with E-state index in [1.807, 2.05) is 25.1 Å². The lowest BCUT2D eigenvalue weighted by molar-refractivity contribution is -0.140. The fourth-order valence-electron chi connectivity index (χ4n) is 1.33. The van der Waals surface area contributed by atoms with Crippen molar-refractivity contribution in [3.8, 4) is 0 Å². The zero-order valence-corrected chi connectivity index (χ0v) is 9.04. The second-order valence-electron chi connectivity index (χ2n) is 3.39. The minimum Gasteiger partial charge on any atom is -0.469 e. The maximum absolute atomic E-state index is 10.8. The average molecular weight is 208 g/mol. The first kappa shape index (κ1) is 11.4. The number of nitrogens with two attached hydrogens (primary N) is 1. The summed E-state index contributed by atoms with van der Waals surface area (Å²) in [5.41, 5.74) is 8.42. The highest BCUT2D eigenvalue weighted by atomic mass is 16.5. The van der Waals surface area contributed by atoms with E-state index >= 15 is 0 Å². The van der Waals surface area contributed by atoms with Crippen LogP contribution in [0.3, 0.4) is 0 Å². The molecule has 0 atom stereocenters. The van der Waals surface area contributed by atoms with E-state index in [2.05, 4.69) is 10.1 Å². The molecule has 0 aliphatic carbocycles. The maximum atomic E-state index is 10.8. The number of nitrogens with one attached hydrogen (secondary N) is 1. The van der Waals surface area contributed by atoms with Gasteiger partial charge in [0.1, 0.15) is 0 Å². The number of hydrogen-bond acceptors (Lipinski definition) is 4. The van der Waals surface area contributed by atoms with E-state index in [0.29, 0.717) is 13.0 Å². The molecule has 0 radical (unpaired) electrons. The Kier molecular flexibility index (Phi) is 3.97. The number of ether oxygens (including phenoxy) is 1. The van der Waals surface area contributed by atoms with Gasteiger partial charge in [-0.25, -0.2) is 0 Å². The van der Waals surface area contributed by atoms with E-state index < -0.39 is 0 Å². The molecule has 0 aliphatic heterocycles. The SMILES string of the molecule is COC(=O)CCNc1cc(C)cc(N)c1. The third-order valence-electron chi connectivity index (χ3n) is 1.99. The number of anilines is 2. The third-order valence-corrected chi connectivity index (χ3v) is 1.99. The standard InChI is InChI=1S/C11H16N2O2/c1-8-5-9(12)7-10(6-8)13-4-3-11(14)15-2/h5-7,13H,3-4,12H2,1-2H3. The molecule has 0 fully saturated rings. The summed E-state index contributed by atoms with van der Waals surface area (Å²) in [7, 11) is 1.38. The highest BCUT2D eigenvalue weighted by Crippen LogP contribution is 2.15. The van der Waals surface area contributed by atoms with Crippen LogP contribution in [0, 0.1) is 6.92 Å². The summed E-state index contributed by atoms with van der Waals surface area (Å²) in [6.45, 7) is 2.53. The van der Waals surface area contributed by atoms with Gasteiger partial charge in [0, 0.05) is 17.9 Å². The van der Waals surface area contributed by atoms with Gasteiger partial charge in [-0.3, -0.25) is 4.79 Å². The molecule has 0 bridgehead atoms. The summed E-state index contributed by atoms with van der Waals surface area (Å²) in [4.78, 5) is 10.8. The predicted octanol–water partition coefficient (Wildman–Crippen LogP) is 1.55. The Labute approximate surface area is 89.4 Å². The number of nitrogen functional groups attached to an aromatic ring is 1. The third kappa shape index (κ3) is 3.89. The molecule has 1 aromatic rings. The summed E-state index contributed by atoms with van der Waals surface area (Å²) < 4.78 is 4.53. The smallest absolute Gasteiger partial charge is 0.307 e. The van der Waals surface area contributed by atoms with Crippen molar-refractivity contribution in [3.05, 3.63) is 23.8 Å². The first-order valence-electron chi connectivity index (χ1n) is 4.79. The lowest BCUT2D eigenvalue weighted by Crippen LogP contribution is -2.09. The molecule has 0 aliphatic rings. The monoisotopic (exact) mass is 208 g/mol. The van der Waals surface area contributed by atoms with Crippen molar-refractivity contribution < 1.29 is 9.53 Å². The topological polar surface area (TPSA) is 64.3 Å². The van der Waals surface area contributed by atoms with Gasteiger partial charge in [0.15, 0.2) is 0 Å². The van der Waals surface area contributed by atoms with Crippen LogP contribution in [0.15, 0.2) is 18.2 Å². The van der Waals surface area contributed by atoms with Crippen LogP contribution in [-0.2, 0) is 9.53 Å². The molecule has 1 aromatic carbocycles. The summed E-state index contributed by atoms with van der Waals surface area (Å²) in [5.74, 6) is -0.219. The molecule has 0 amide bonds. The predicted molar refractivity (Wildman–Crippen MR) is 60.7 cm³/mol. The van der Waals surface area contributed by atoms with E-state index in [9.17, 15) is 4.79 Å². The van der Waals surface area contributed by atoms with Crippen molar-refractivity contribution in [3.63, 3.8) is 0 Å². The minimum atomic E-state index is -0.219. The highest BCUT2D eigenvalue weighted by molar-refractivity contribution is 5.70. The Hall–Kier alpha value is -1.71. The van der Waals surface area contributed by atoms with Crippen LogP contribution >= 0.6 is 0 Å². The van der Waals surface area contributed by atoms with Crippen LogP contribution in [0.25, 0.3) is 0 Å². The maximum Gasteiger partial charge on any atom is 0.307 e. The number of carbonyl (C=O) groups is 1. The molecule has 3 N–H and O–H groups in total. The molecule has 0 heterocycles. The molecule has 82 valence electrons. The van der Waals surface area contributed by atoms with Gasteiger partial charge in [-0.2, -0.15) is 0 Å². The van der Waals surface area contributed by atoms with Crippen molar-refractivity contribution in [1.82, 2.24) is 0 Å². The molecule has 0 spiro atoms. The Morgan fingerprint density at radius 3 is 2.80 bits per heavy atom. The lowest BCUT2D eigenvalue weighted by Gasteiger charge is -2.07. The molecule has 1 rings (SSSR count). The molecule has 0 saturated carbocycles. The van der Waals surface area contributed by atoms with Gasteiger partial charge < -0.3 is 15.8 Å². The second kappa shape index (κ2) is 5.24. The number of benzene rings is 1. The van der Waals surface area contributed by atoms with Gasteiger partial charge >= 0.3 is 5.97 Å². The number of aryl methyl sites for hydroxylation is 1. The van der Waals surface area contributed by atoms with Crippen LogP contribution in [0.2, 0.25) is 0 Å². The number of carbonyl (C=O) groups excluding carboxylic acids is 1. The average Bonchev–Trinajstić information content (AvgIpc) is 2.16. The lowest BCUT2D eigenvalue weighted by atomic mass is 10.2. The fraction of sp³-hybridized carbons (Fsp3) is 0.364. The number of methoxy groups -OCH3 is 1. The van der Waals surface area contributed by atoms with Crippen LogP contribution < -0.4 is 11.1 Å².